The van der Waals surface area contributed by atoms with Crippen LogP contribution in [-0.4, -0.2) is 36.1 Å². The quantitative estimate of drug-likeness (QED) is 0.149. The molecular weight excluding hydrogens is 607 g/mol. The van der Waals surface area contributed by atoms with Gasteiger partial charge >= 0.3 is 6.18 Å². The van der Waals surface area contributed by atoms with E-state index in [4.69, 9.17) is 30.8 Å². The molecule has 0 amide bonds. The van der Waals surface area contributed by atoms with E-state index in [9.17, 15) is 13.2 Å². The van der Waals surface area contributed by atoms with Gasteiger partial charge in [0, 0.05) is 23.8 Å². The Morgan fingerprint density at radius 2 is 1.22 bits per heavy atom. The van der Waals surface area contributed by atoms with Gasteiger partial charge in [-0.05, 0) is 71.3 Å². The summed E-state index contributed by atoms with van der Waals surface area (Å²) in [7, 11) is 4.82. The Balaban J connectivity index is 1.55. The first-order valence-corrected chi connectivity index (χ1v) is 14.2. The highest BCUT2D eigenvalue weighted by Gasteiger charge is 2.31. The van der Waals surface area contributed by atoms with Gasteiger partial charge in [-0.1, -0.05) is 48.0 Å². The van der Waals surface area contributed by atoms with Crippen molar-refractivity contribution in [2.75, 3.05) is 31.5 Å². The van der Waals surface area contributed by atoms with Crippen LogP contribution in [0, 0.1) is 0 Å². The molecule has 45 heavy (non-hydrogen) atoms. The van der Waals surface area contributed by atoms with Crippen LogP contribution in [0.1, 0.15) is 22.3 Å². The third-order valence-corrected chi connectivity index (χ3v) is 7.19. The van der Waals surface area contributed by atoms with Crippen LogP contribution in [0.2, 0.25) is 5.02 Å². The number of nitrogens with one attached hydrogen (secondary N) is 1. The standard InChI is InChI=1S/C33H31ClF3N5O3/c1-43-28-10-4-22(5-11-28)19-41(20-23-6-12-29(44-2)13-7-23)32-39-31(38-27-17-25(33(35,36)37)16-26(34)18-27)40-42(32)21-24-8-14-30(45-3)15-9-24/h4-18H,19-21H2,1-3H3,(H,38,40). The van der Waals surface area contributed by atoms with Gasteiger partial charge < -0.3 is 24.4 Å². The van der Waals surface area contributed by atoms with Crippen LogP contribution in [0.15, 0.2) is 91.0 Å². The number of alkyl halides is 3. The Morgan fingerprint density at radius 3 is 1.69 bits per heavy atom. The SMILES string of the molecule is COc1ccc(CN(Cc2ccc(OC)cc2)c2nc(Nc3cc(Cl)cc(C(F)(F)F)c3)nn2Cc2ccc(OC)cc2)cc1. The van der Waals surface area contributed by atoms with Gasteiger partial charge in [0.25, 0.3) is 0 Å². The first kappa shape index (κ1) is 31.5. The molecule has 0 spiro atoms. The van der Waals surface area contributed by atoms with E-state index in [0.717, 1.165) is 40.3 Å². The molecule has 0 saturated carbocycles. The lowest BCUT2D eigenvalue weighted by Crippen LogP contribution is -2.26. The molecule has 0 atom stereocenters. The van der Waals surface area contributed by atoms with Crippen molar-refractivity contribution in [3.63, 3.8) is 0 Å². The maximum atomic E-state index is 13.5. The van der Waals surface area contributed by atoms with Crippen molar-refractivity contribution in [1.29, 1.82) is 0 Å². The monoisotopic (exact) mass is 637 g/mol. The molecule has 4 aromatic carbocycles. The van der Waals surface area contributed by atoms with E-state index in [1.165, 1.54) is 6.07 Å². The molecule has 12 heteroatoms. The zero-order chi connectivity index (χ0) is 32.0. The molecule has 0 fully saturated rings. The van der Waals surface area contributed by atoms with Crippen molar-refractivity contribution in [2.24, 2.45) is 0 Å². The molecule has 0 aliphatic heterocycles. The van der Waals surface area contributed by atoms with Gasteiger partial charge in [0.1, 0.15) is 17.2 Å². The third kappa shape index (κ3) is 8.18. The molecule has 0 bridgehead atoms. The number of rotatable bonds is 12. The minimum Gasteiger partial charge on any atom is -0.497 e. The summed E-state index contributed by atoms with van der Waals surface area (Å²) in [5, 5.41) is 7.54. The predicted molar refractivity (Wildman–Crippen MR) is 168 cm³/mol. The zero-order valence-corrected chi connectivity index (χ0v) is 25.6. The second kappa shape index (κ2) is 13.8. The lowest BCUT2D eigenvalue weighted by atomic mass is 10.1. The molecule has 5 aromatic rings. The lowest BCUT2D eigenvalue weighted by Gasteiger charge is -2.24. The third-order valence-electron chi connectivity index (χ3n) is 6.97. The molecule has 0 aliphatic carbocycles. The summed E-state index contributed by atoms with van der Waals surface area (Å²) in [6.07, 6.45) is -4.57. The summed E-state index contributed by atoms with van der Waals surface area (Å²) >= 11 is 6.04. The maximum Gasteiger partial charge on any atom is 0.416 e. The highest BCUT2D eigenvalue weighted by atomic mass is 35.5. The molecule has 5 rings (SSSR count). The van der Waals surface area contributed by atoms with Crippen LogP contribution in [0.3, 0.4) is 0 Å². The van der Waals surface area contributed by atoms with E-state index in [0.29, 0.717) is 31.3 Å². The molecular formula is C33H31ClF3N5O3. The van der Waals surface area contributed by atoms with E-state index < -0.39 is 11.7 Å². The van der Waals surface area contributed by atoms with Crippen LogP contribution in [0.25, 0.3) is 0 Å². The van der Waals surface area contributed by atoms with E-state index in [1.807, 2.05) is 77.7 Å². The number of hydrogen-bond acceptors (Lipinski definition) is 7. The Morgan fingerprint density at radius 1 is 0.733 bits per heavy atom. The average Bonchev–Trinajstić information content (AvgIpc) is 3.42. The minimum absolute atomic E-state index is 0.0640. The van der Waals surface area contributed by atoms with Crippen molar-refractivity contribution < 1.29 is 27.4 Å². The van der Waals surface area contributed by atoms with Gasteiger partial charge in [0.2, 0.25) is 11.9 Å². The highest BCUT2D eigenvalue weighted by Crippen LogP contribution is 2.34. The predicted octanol–water partition coefficient (Wildman–Crippen LogP) is 7.97. The molecule has 0 radical (unpaired) electrons. The molecule has 0 unspecified atom stereocenters. The van der Waals surface area contributed by atoms with Gasteiger partial charge in [-0.25, -0.2) is 4.68 Å². The van der Waals surface area contributed by atoms with Crippen LogP contribution in [0.4, 0.5) is 30.8 Å². The van der Waals surface area contributed by atoms with E-state index in [-0.39, 0.29) is 16.7 Å². The Bertz CT molecular complexity index is 1660. The van der Waals surface area contributed by atoms with Crippen molar-refractivity contribution >= 4 is 29.2 Å². The largest absolute Gasteiger partial charge is 0.497 e. The van der Waals surface area contributed by atoms with E-state index >= 15 is 0 Å². The van der Waals surface area contributed by atoms with Crippen molar-refractivity contribution in [2.45, 2.75) is 25.8 Å². The zero-order valence-electron chi connectivity index (χ0n) is 24.8. The van der Waals surface area contributed by atoms with Crippen LogP contribution in [-0.2, 0) is 25.8 Å². The molecule has 0 saturated heterocycles. The molecule has 1 N–H and O–H groups in total. The summed E-state index contributed by atoms with van der Waals surface area (Å²) in [6, 6.07) is 26.2. The summed E-state index contributed by atoms with van der Waals surface area (Å²) in [5.74, 6) is 2.78. The minimum atomic E-state index is -4.57. The Labute approximate surface area is 263 Å². The second-order valence-corrected chi connectivity index (χ2v) is 10.6. The second-order valence-electron chi connectivity index (χ2n) is 10.1. The topological polar surface area (TPSA) is 73.7 Å². The number of benzene rings is 4. The number of methoxy groups -OCH3 is 3. The molecule has 1 heterocycles. The summed E-state index contributed by atoms with van der Waals surface area (Å²) in [5.41, 5.74) is 2.13. The van der Waals surface area contributed by atoms with E-state index in [2.05, 4.69) is 10.4 Å². The maximum absolute atomic E-state index is 13.5. The lowest BCUT2D eigenvalue weighted by molar-refractivity contribution is -0.137. The highest BCUT2D eigenvalue weighted by molar-refractivity contribution is 6.31. The van der Waals surface area contributed by atoms with Gasteiger partial charge in [0.05, 0.1) is 33.4 Å². The number of aromatic nitrogens is 3. The van der Waals surface area contributed by atoms with Gasteiger partial charge in [-0.2, -0.15) is 18.2 Å². The fraction of sp³-hybridized carbons (Fsp3) is 0.212. The van der Waals surface area contributed by atoms with Crippen molar-refractivity contribution in [1.82, 2.24) is 14.8 Å². The van der Waals surface area contributed by atoms with Gasteiger partial charge in [-0.3, -0.25) is 0 Å². The molecule has 8 nitrogen and oxygen atoms in total. The van der Waals surface area contributed by atoms with Crippen molar-refractivity contribution in [3.8, 4) is 17.2 Å². The molecule has 0 aliphatic rings. The summed E-state index contributed by atoms with van der Waals surface area (Å²) < 4.78 is 58.2. The average molecular weight is 638 g/mol. The fourth-order valence-electron chi connectivity index (χ4n) is 4.69. The summed E-state index contributed by atoms with van der Waals surface area (Å²) in [6.45, 7) is 1.23. The van der Waals surface area contributed by atoms with Crippen LogP contribution >= 0.6 is 11.6 Å². The summed E-state index contributed by atoms with van der Waals surface area (Å²) in [4.78, 5) is 6.83. The number of anilines is 3. The Kier molecular flexibility index (Phi) is 9.68. The van der Waals surface area contributed by atoms with Crippen molar-refractivity contribution in [3.05, 3.63) is 118 Å². The first-order valence-electron chi connectivity index (χ1n) is 13.9. The van der Waals surface area contributed by atoms with Crippen LogP contribution < -0.4 is 24.4 Å². The number of nitrogens with zero attached hydrogens (tertiary/aromatic N) is 4. The molecule has 1 aromatic heterocycles. The van der Waals surface area contributed by atoms with Gasteiger partial charge in [-0.15, -0.1) is 5.10 Å². The number of hydrogen-bond donors (Lipinski definition) is 1. The first-order chi connectivity index (χ1) is 21.6. The fourth-order valence-corrected chi connectivity index (χ4v) is 4.92. The normalized spacial score (nSPS) is 11.3. The Hall–Kier alpha value is -4.90. The smallest absolute Gasteiger partial charge is 0.416 e. The van der Waals surface area contributed by atoms with Crippen LogP contribution in [0.5, 0.6) is 17.2 Å². The number of ether oxygens (including phenoxy) is 3. The van der Waals surface area contributed by atoms with Gasteiger partial charge in [0.15, 0.2) is 0 Å². The number of halogens is 4. The molecule has 234 valence electrons. The van der Waals surface area contributed by atoms with E-state index in [1.54, 1.807) is 26.0 Å².